The first-order valence-corrected chi connectivity index (χ1v) is 1.50. The summed E-state index contributed by atoms with van der Waals surface area (Å²) in [7, 11) is 0. The summed E-state index contributed by atoms with van der Waals surface area (Å²) in [6.45, 7) is 0. The Labute approximate surface area is 64.8 Å². The minimum Gasteiger partial charge on any atom is 0 e. The maximum atomic E-state index is 8.38. The van der Waals surface area contributed by atoms with Crippen molar-refractivity contribution in [3.63, 3.8) is 0 Å². The van der Waals surface area contributed by atoms with Crippen molar-refractivity contribution in [2.45, 2.75) is 0 Å². The Hall–Kier alpha value is 1.86. The molecule has 0 heterocycles. The normalized spacial score (nSPS) is 0.750. The van der Waals surface area contributed by atoms with Gasteiger partial charge in [-0.05, 0) is 0 Å². The Balaban J connectivity index is -0.00000000500. The molecule has 0 N–H and O–H groups in total. The number of rotatable bonds is 0. The van der Waals surface area contributed by atoms with Crippen LogP contribution in [0, 0.1) is 0 Å². The van der Waals surface area contributed by atoms with Crippen molar-refractivity contribution in [1.82, 2.24) is 0 Å². The average Bonchev–Trinajstić information content (AvgIpc) is 1.00. The molecule has 4 heteroatoms. The number of hydrogen-bond acceptors (Lipinski definition) is 1. The van der Waals surface area contributed by atoms with Gasteiger partial charge in [0.05, 0.1) is 0 Å². The summed E-state index contributed by atoms with van der Waals surface area (Å²) >= 11 is 0.125. The fourth-order valence-corrected chi connectivity index (χ4v) is 0. The SMILES string of the molecule is [O]=[GaH].[SnH2].[Zn]. The first-order valence-electron chi connectivity index (χ1n) is 0.289. The molecule has 0 aliphatic heterocycles. The summed E-state index contributed by atoms with van der Waals surface area (Å²) in [6.07, 6.45) is 0. The molecule has 0 spiro atoms. The van der Waals surface area contributed by atoms with Gasteiger partial charge in [0, 0.05) is 19.5 Å². The van der Waals surface area contributed by atoms with Crippen LogP contribution < -0.4 is 0 Å². The van der Waals surface area contributed by atoms with Crippen LogP contribution in [0.1, 0.15) is 0 Å². The topological polar surface area (TPSA) is 17.1 Å². The van der Waals surface area contributed by atoms with Gasteiger partial charge in [0.25, 0.3) is 0 Å². The molecule has 0 bridgehead atoms. The average molecular weight is 273 g/mol. The molecule has 0 aromatic heterocycles. The second-order valence-corrected chi connectivity index (χ2v) is 0. The molecular weight excluding hydrogens is 270 g/mol. The maximum Gasteiger partial charge on any atom is 0 e. The smallest absolute Gasteiger partial charge is 0 e. The first kappa shape index (κ1) is 16.9. The minimum absolute atomic E-state index is 0. The van der Waals surface area contributed by atoms with E-state index in [1.807, 2.05) is 0 Å². The predicted octanol–water partition coefficient (Wildman–Crippen LogP) is -1.69. The third-order valence-corrected chi connectivity index (χ3v) is 0. The summed E-state index contributed by atoms with van der Waals surface area (Å²) < 4.78 is 8.38. The standard InChI is InChI=1S/Ga.O.Sn.Zn.3H. The van der Waals surface area contributed by atoms with E-state index >= 15 is 0 Å². The van der Waals surface area contributed by atoms with Gasteiger partial charge in [0.2, 0.25) is 0 Å². The molecule has 0 saturated heterocycles. The van der Waals surface area contributed by atoms with E-state index in [9.17, 15) is 0 Å². The molecular formula is H3GaOSnZn. The molecule has 0 amide bonds. The Bertz CT molecular complexity index is 8.00. The van der Waals surface area contributed by atoms with E-state index in [0.29, 0.717) is 0 Å². The molecule has 0 fully saturated rings. The van der Waals surface area contributed by atoms with E-state index in [1.54, 1.807) is 0 Å². The van der Waals surface area contributed by atoms with Crippen LogP contribution in [-0.2, 0) is 23.0 Å². The van der Waals surface area contributed by atoms with Gasteiger partial charge < -0.3 is 0 Å². The second-order valence-electron chi connectivity index (χ2n) is 0. The van der Waals surface area contributed by atoms with E-state index in [-0.39, 0.29) is 61.9 Å². The predicted molar refractivity (Wildman–Crippen MR) is 16.4 cm³/mol. The van der Waals surface area contributed by atoms with Gasteiger partial charge in [-0.15, -0.1) is 0 Å². The van der Waals surface area contributed by atoms with Crippen molar-refractivity contribution in [3.05, 3.63) is 0 Å². The van der Waals surface area contributed by atoms with Gasteiger partial charge in [-0.3, -0.25) is 0 Å². The van der Waals surface area contributed by atoms with Crippen molar-refractivity contribution in [1.29, 1.82) is 0 Å². The Morgan fingerprint density at radius 1 is 1.25 bits per heavy atom. The summed E-state index contributed by atoms with van der Waals surface area (Å²) in [5.74, 6) is 0. The Morgan fingerprint density at radius 3 is 1.25 bits per heavy atom. The van der Waals surface area contributed by atoms with Crippen LogP contribution in [0.5, 0.6) is 0 Å². The molecule has 18 valence electrons. The van der Waals surface area contributed by atoms with Crippen LogP contribution in [-0.4, -0.2) is 42.5 Å². The zero-order valence-corrected chi connectivity index (χ0v) is 12.5. The van der Waals surface area contributed by atoms with E-state index in [0.717, 1.165) is 0 Å². The minimum atomic E-state index is 0. The summed E-state index contributed by atoms with van der Waals surface area (Å²) in [6, 6.07) is 0. The quantitative estimate of drug-likeness (QED) is 0.481. The third-order valence-electron chi connectivity index (χ3n) is 0. The summed E-state index contributed by atoms with van der Waals surface area (Å²) in [5.41, 5.74) is 0. The maximum absolute atomic E-state index is 8.38. The monoisotopic (exact) mass is 272 g/mol. The molecule has 0 aromatic rings. The van der Waals surface area contributed by atoms with E-state index in [4.69, 9.17) is 3.54 Å². The fraction of sp³-hybridized carbons (Fsp3) is 0. The van der Waals surface area contributed by atoms with Crippen molar-refractivity contribution in [2.24, 2.45) is 0 Å². The zero-order valence-electron chi connectivity index (χ0n) is 2.53. The molecule has 0 atom stereocenters. The van der Waals surface area contributed by atoms with E-state index in [1.165, 1.54) is 0 Å². The van der Waals surface area contributed by atoms with Gasteiger partial charge >= 0.3 is 46.0 Å². The molecule has 1 nitrogen and oxygen atoms in total. The first-order chi connectivity index (χ1) is 1.00. The van der Waals surface area contributed by atoms with Crippen molar-refractivity contribution < 1.29 is 23.0 Å². The molecule has 0 rings (SSSR count). The summed E-state index contributed by atoms with van der Waals surface area (Å²) in [4.78, 5) is 0. The fourth-order valence-electron chi connectivity index (χ4n) is 0. The molecule has 0 unspecified atom stereocenters. The van der Waals surface area contributed by atoms with Crippen LogP contribution in [0.2, 0.25) is 0 Å². The number of hydrogen-bond donors (Lipinski definition) is 0. The van der Waals surface area contributed by atoms with Gasteiger partial charge in [0.1, 0.15) is 0 Å². The molecule has 2 radical (unpaired) electrons. The van der Waals surface area contributed by atoms with Crippen molar-refractivity contribution in [2.75, 3.05) is 0 Å². The molecule has 0 aliphatic carbocycles. The Morgan fingerprint density at radius 2 is 1.25 bits per heavy atom. The Kier molecular flexibility index (Phi) is 88.6. The third kappa shape index (κ3) is 9.13. The van der Waals surface area contributed by atoms with Crippen LogP contribution in [0.3, 0.4) is 0 Å². The van der Waals surface area contributed by atoms with Crippen LogP contribution >= 0.6 is 0 Å². The molecule has 0 aliphatic rings. The van der Waals surface area contributed by atoms with E-state index in [2.05, 4.69) is 0 Å². The largest absolute Gasteiger partial charge is 0 e. The summed E-state index contributed by atoms with van der Waals surface area (Å²) in [5, 5.41) is 0. The van der Waals surface area contributed by atoms with Crippen LogP contribution in [0.15, 0.2) is 0 Å². The van der Waals surface area contributed by atoms with Crippen molar-refractivity contribution >= 4 is 42.5 Å². The zero-order chi connectivity index (χ0) is 2.00. The van der Waals surface area contributed by atoms with Gasteiger partial charge in [0.15, 0.2) is 0 Å². The van der Waals surface area contributed by atoms with Gasteiger partial charge in [-0.2, -0.15) is 0 Å². The molecule has 0 aromatic carbocycles. The van der Waals surface area contributed by atoms with E-state index < -0.39 is 0 Å². The van der Waals surface area contributed by atoms with Gasteiger partial charge in [-0.1, -0.05) is 0 Å². The van der Waals surface area contributed by atoms with Crippen molar-refractivity contribution in [3.8, 4) is 0 Å². The molecule has 4 heavy (non-hydrogen) atoms. The van der Waals surface area contributed by atoms with Crippen LogP contribution in [0.4, 0.5) is 0 Å². The van der Waals surface area contributed by atoms with Gasteiger partial charge in [-0.25, -0.2) is 0 Å². The van der Waals surface area contributed by atoms with Crippen LogP contribution in [0.25, 0.3) is 0 Å². The molecule has 0 saturated carbocycles. The second kappa shape index (κ2) is 20.9.